The van der Waals surface area contributed by atoms with Gasteiger partial charge in [0.2, 0.25) is 0 Å². The molecular weight excluding hydrogens is 274 g/mol. The Morgan fingerprint density at radius 1 is 1.28 bits per heavy atom. The summed E-state index contributed by atoms with van der Waals surface area (Å²) < 4.78 is 0. The van der Waals surface area contributed by atoms with E-state index >= 15 is 0 Å². The Hall–Kier alpha value is -1.21. The van der Waals surface area contributed by atoms with Crippen molar-refractivity contribution in [1.29, 1.82) is 0 Å². The number of nitrogens with zero attached hydrogens (tertiary/aromatic N) is 1. The van der Waals surface area contributed by atoms with E-state index in [1.54, 1.807) is 6.07 Å². The van der Waals surface area contributed by atoms with Crippen LogP contribution in [0, 0.1) is 10.1 Å². The van der Waals surface area contributed by atoms with Crippen molar-refractivity contribution in [3.05, 3.63) is 27.8 Å². The number of carboxylic acid groups (broad SMARTS) is 1. The van der Waals surface area contributed by atoms with Crippen molar-refractivity contribution >= 4 is 35.2 Å². The molecule has 0 atom stereocenters. The van der Waals surface area contributed by atoms with E-state index in [0.717, 1.165) is 6.07 Å². The van der Waals surface area contributed by atoms with Crippen molar-refractivity contribution < 1.29 is 14.8 Å². The minimum absolute atomic E-state index is 0.00555. The van der Waals surface area contributed by atoms with Gasteiger partial charge >= 0.3 is 5.97 Å². The zero-order chi connectivity index (χ0) is 13.7. The lowest BCUT2D eigenvalue weighted by Gasteiger charge is -2.08. The minimum Gasteiger partial charge on any atom is -0.478 e. The summed E-state index contributed by atoms with van der Waals surface area (Å²) in [5, 5.41) is 20.0. The Bertz CT molecular complexity index is 437. The van der Waals surface area contributed by atoms with Crippen molar-refractivity contribution in [2.45, 2.75) is 23.6 Å². The molecule has 1 aromatic rings. The molecule has 0 aliphatic carbocycles. The Labute approximate surface area is 113 Å². The van der Waals surface area contributed by atoms with Gasteiger partial charge in [0.25, 0.3) is 5.69 Å². The van der Waals surface area contributed by atoms with Gasteiger partial charge in [-0.3, -0.25) is 10.1 Å². The lowest BCUT2D eigenvalue weighted by atomic mass is 10.2. The summed E-state index contributed by atoms with van der Waals surface area (Å²) >= 11 is 2.72. The molecule has 18 heavy (non-hydrogen) atoms. The van der Waals surface area contributed by atoms with Crippen LogP contribution < -0.4 is 0 Å². The van der Waals surface area contributed by atoms with Gasteiger partial charge in [0.15, 0.2) is 0 Å². The number of carboxylic acids is 1. The number of nitro groups is 1. The Morgan fingerprint density at radius 3 is 2.28 bits per heavy atom. The molecule has 0 saturated carbocycles. The number of hydrogen-bond donors (Lipinski definition) is 1. The van der Waals surface area contributed by atoms with Crippen LogP contribution in [0.25, 0.3) is 0 Å². The smallest absolute Gasteiger partial charge is 0.337 e. The molecule has 7 heteroatoms. The zero-order valence-corrected chi connectivity index (χ0v) is 11.6. The van der Waals surface area contributed by atoms with E-state index in [1.807, 2.05) is 13.8 Å². The van der Waals surface area contributed by atoms with Gasteiger partial charge in [-0.2, -0.15) is 0 Å². The van der Waals surface area contributed by atoms with E-state index in [0.29, 0.717) is 21.3 Å². The lowest BCUT2D eigenvalue weighted by Crippen LogP contribution is -2.02. The molecule has 0 spiro atoms. The molecule has 1 rings (SSSR count). The van der Waals surface area contributed by atoms with Crippen molar-refractivity contribution in [1.82, 2.24) is 0 Å². The Balaban J connectivity index is 3.39. The van der Waals surface area contributed by atoms with Crippen LogP contribution in [0.3, 0.4) is 0 Å². The standard InChI is InChI=1S/C11H13NO4S2/c1-3-17-9-6-10(18-4-2)8(12(15)16)5-7(9)11(13)14/h5-6H,3-4H2,1-2H3,(H,13,14). The highest BCUT2D eigenvalue weighted by atomic mass is 32.2. The largest absolute Gasteiger partial charge is 0.478 e. The number of aromatic carboxylic acids is 1. The number of carbonyl (C=O) groups is 1. The highest BCUT2D eigenvalue weighted by Gasteiger charge is 2.21. The van der Waals surface area contributed by atoms with Crippen LogP contribution in [0.2, 0.25) is 0 Å². The maximum atomic E-state index is 11.1. The first-order valence-electron chi connectivity index (χ1n) is 5.32. The number of nitro benzene ring substituents is 1. The first kappa shape index (κ1) is 14.8. The summed E-state index contributed by atoms with van der Waals surface area (Å²) in [6.45, 7) is 3.80. The molecule has 0 bridgehead atoms. The van der Waals surface area contributed by atoms with Gasteiger partial charge in [-0.25, -0.2) is 4.79 Å². The zero-order valence-electron chi connectivity index (χ0n) is 10.0. The molecule has 0 aliphatic heterocycles. The molecule has 0 saturated heterocycles. The lowest BCUT2D eigenvalue weighted by molar-refractivity contribution is -0.387. The average molecular weight is 287 g/mol. The number of benzene rings is 1. The quantitative estimate of drug-likeness (QED) is 0.490. The van der Waals surface area contributed by atoms with Crippen molar-refractivity contribution in [2.24, 2.45) is 0 Å². The fourth-order valence-corrected chi connectivity index (χ4v) is 3.09. The normalized spacial score (nSPS) is 10.3. The monoisotopic (exact) mass is 287 g/mol. The van der Waals surface area contributed by atoms with Crippen molar-refractivity contribution in [2.75, 3.05) is 11.5 Å². The Morgan fingerprint density at radius 2 is 1.83 bits per heavy atom. The van der Waals surface area contributed by atoms with Crippen LogP contribution in [-0.2, 0) is 0 Å². The highest BCUT2D eigenvalue weighted by molar-refractivity contribution is 8.00. The number of hydrogen-bond acceptors (Lipinski definition) is 5. The molecule has 1 N–H and O–H groups in total. The molecule has 5 nitrogen and oxygen atoms in total. The van der Waals surface area contributed by atoms with E-state index in [2.05, 4.69) is 0 Å². The Kier molecular flexibility index (Phi) is 5.49. The molecular formula is C11H13NO4S2. The van der Waals surface area contributed by atoms with Crippen LogP contribution in [-0.4, -0.2) is 27.5 Å². The second-order valence-electron chi connectivity index (χ2n) is 3.24. The fraction of sp³-hybridized carbons (Fsp3) is 0.364. The molecule has 0 unspecified atom stereocenters. The highest BCUT2D eigenvalue weighted by Crippen LogP contribution is 2.35. The van der Waals surface area contributed by atoms with Crippen molar-refractivity contribution in [3.63, 3.8) is 0 Å². The number of rotatable bonds is 6. The van der Waals surface area contributed by atoms with Crippen LogP contribution in [0.1, 0.15) is 24.2 Å². The van der Waals surface area contributed by atoms with Gasteiger partial charge in [-0.15, -0.1) is 23.5 Å². The van der Waals surface area contributed by atoms with Crippen molar-refractivity contribution in [3.8, 4) is 0 Å². The van der Waals surface area contributed by atoms with Crippen LogP contribution in [0.4, 0.5) is 5.69 Å². The molecule has 0 amide bonds. The van der Waals surface area contributed by atoms with Gasteiger partial charge in [-0.05, 0) is 17.6 Å². The van der Waals surface area contributed by atoms with E-state index < -0.39 is 10.9 Å². The van der Waals surface area contributed by atoms with Crippen LogP contribution >= 0.6 is 23.5 Å². The molecule has 0 aromatic heterocycles. The molecule has 1 aromatic carbocycles. The second kappa shape index (κ2) is 6.65. The van der Waals surface area contributed by atoms with Gasteiger partial charge in [0.05, 0.1) is 15.4 Å². The topological polar surface area (TPSA) is 80.4 Å². The summed E-state index contributed by atoms with van der Waals surface area (Å²) in [7, 11) is 0. The predicted octanol–water partition coefficient (Wildman–Crippen LogP) is 3.52. The predicted molar refractivity (Wildman–Crippen MR) is 72.9 cm³/mol. The number of thioether (sulfide) groups is 2. The summed E-state index contributed by atoms with van der Waals surface area (Å²) in [5.41, 5.74) is -0.145. The van der Waals surface area contributed by atoms with Crippen LogP contribution in [0.15, 0.2) is 21.9 Å². The molecule has 98 valence electrons. The van der Waals surface area contributed by atoms with E-state index in [9.17, 15) is 14.9 Å². The molecule has 0 radical (unpaired) electrons. The first-order chi connectivity index (χ1) is 8.51. The maximum absolute atomic E-state index is 11.1. The summed E-state index contributed by atoms with van der Waals surface area (Å²) in [6, 6.07) is 2.75. The van der Waals surface area contributed by atoms with Gasteiger partial charge in [0, 0.05) is 11.0 Å². The van der Waals surface area contributed by atoms with E-state index in [4.69, 9.17) is 5.11 Å². The van der Waals surface area contributed by atoms with E-state index in [-0.39, 0.29) is 11.3 Å². The van der Waals surface area contributed by atoms with Gasteiger partial charge in [-0.1, -0.05) is 13.8 Å². The molecule has 0 fully saturated rings. The van der Waals surface area contributed by atoms with E-state index in [1.165, 1.54) is 23.5 Å². The summed E-state index contributed by atoms with van der Waals surface area (Å²) in [6.07, 6.45) is 0. The minimum atomic E-state index is -1.14. The fourth-order valence-electron chi connectivity index (χ4n) is 1.41. The molecule has 0 aliphatic rings. The first-order valence-corrected chi connectivity index (χ1v) is 7.29. The third-order valence-electron chi connectivity index (χ3n) is 2.09. The SMILES string of the molecule is CCSc1cc(SCC)c([N+](=O)[O-])cc1C(=O)O. The van der Waals surface area contributed by atoms with Gasteiger partial charge in [0.1, 0.15) is 0 Å². The third-order valence-corrected chi connectivity index (χ3v) is 3.95. The summed E-state index contributed by atoms with van der Waals surface area (Å²) in [4.78, 5) is 22.6. The second-order valence-corrected chi connectivity index (χ2v) is 5.86. The molecule has 0 heterocycles. The summed E-state index contributed by atoms with van der Waals surface area (Å²) in [5.74, 6) is 0.278. The average Bonchev–Trinajstić information content (AvgIpc) is 2.29. The maximum Gasteiger partial charge on any atom is 0.337 e. The third kappa shape index (κ3) is 3.39. The van der Waals surface area contributed by atoms with Gasteiger partial charge < -0.3 is 5.11 Å². The van der Waals surface area contributed by atoms with Crippen LogP contribution in [0.5, 0.6) is 0 Å².